The minimum atomic E-state index is 0.247. The average molecular weight is 227 g/mol. The molecule has 0 aliphatic carbocycles. The molecule has 4 heteroatoms. The van der Waals surface area contributed by atoms with E-state index in [-0.39, 0.29) is 5.91 Å². The van der Waals surface area contributed by atoms with Crippen LogP contribution >= 0.6 is 0 Å². The van der Waals surface area contributed by atoms with Gasteiger partial charge in [-0.1, -0.05) is 0 Å². The molecule has 0 bridgehead atoms. The normalized spacial score (nSPS) is 26.6. The predicted molar refractivity (Wildman–Crippen MR) is 66.4 cm³/mol. The number of carbonyl (C=O) groups excluding carboxylic acids is 1. The number of nitrogens with zero attached hydrogens (tertiary/aromatic N) is 2. The summed E-state index contributed by atoms with van der Waals surface area (Å²) in [6, 6.07) is 1.10. The van der Waals surface area contributed by atoms with Gasteiger partial charge in [0.1, 0.15) is 0 Å². The van der Waals surface area contributed by atoms with Crippen molar-refractivity contribution in [2.24, 2.45) is 0 Å². The molecule has 1 amide bonds. The molecule has 2 atom stereocenters. The third kappa shape index (κ3) is 3.19. The number of amides is 1. The Hall–Kier alpha value is -0.610. The van der Waals surface area contributed by atoms with Gasteiger partial charge in [0.05, 0.1) is 6.54 Å². The zero-order valence-electron chi connectivity index (χ0n) is 11.2. The van der Waals surface area contributed by atoms with Crippen LogP contribution in [0.1, 0.15) is 27.7 Å². The zero-order valence-corrected chi connectivity index (χ0v) is 11.2. The van der Waals surface area contributed by atoms with E-state index >= 15 is 0 Å². The predicted octanol–water partition coefficient (Wildman–Crippen LogP) is 0.535. The van der Waals surface area contributed by atoms with E-state index in [9.17, 15) is 4.79 Å². The lowest BCUT2D eigenvalue weighted by atomic mass is 10.1. The maximum absolute atomic E-state index is 12.1. The molecule has 2 unspecified atom stereocenters. The van der Waals surface area contributed by atoms with Gasteiger partial charge in [-0.15, -0.1) is 0 Å². The smallest absolute Gasteiger partial charge is 0.237 e. The van der Waals surface area contributed by atoms with Crippen molar-refractivity contribution in [1.29, 1.82) is 0 Å². The van der Waals surface area contributed by atoms with E-state index in [0.717, 1.165) is 13.1 Å². The summed E-state index contributed by atoms with van der Waals surface area (Å²) in [6.07, 6.45) is 0. The highest BCUT2D eigenvalue weighted by Crippen LogP contribution is 2.09. The first-order valence-electron chi connectivity index (χ1n) is 6.16. The van der Waals surface area contributed by atoms with Gasteiger partial charge in [-0.25, -0.2) is 0 Å². The molecule has 1 aliphatic rings. The van der Waals surface area contributed by atoms with Crippen LogP contribution in [0.15, 0.2) is 0 Å². The largest absolute Gasteiger partial charge is 0.336 e. The minimum absolute atomic E-state index is 0.247. The SMILES string of the molecule is CC1NCCN(C(=O)CN(C)C(C)C)C1C. The highest BCUT2D eigenvalue weighted by Gasteiger charge is 2.28. The van der Waals surface area contributed by atoms with Crippen molar-refractivity contribution in [2.45, 2.75) is 45.8 Å². The van der Waals surface area contributed by atoms with Crippen molar-refractivity contribution in [3.63, 3.8) is 0 Å². The molecule has 4 nitrogen and oxygen atoms in total. The van der Waals surface area contributed by atoms with E-state index in [4.69, 9.17) is 0 Å². The molecule has 0 aromatic rings. The van der Waals surface area contributed by atoms with Gasteiger partial charge in [0.25, 0.3) is 0 Å². The number of nitrogens with one attached hydrogen (secondary N) is 1. The minimum Gasteiger partial charge on any atom is -0.336 e. The van der Waals surface area contributed by atoms with Crippen molar-refractivity contribution in [3.05, 3.63) is 0 Å². The van der Waals surface area contributed by atoms with Crippen molar-refractivity contribution in [3.8, 4) is 0 Å². The summed E-state index contributed by atoms with van der Waals surface area (Å²) in [5.74, 6) is 0.247. The number of hydrogen-bond acceptors (Lipinski definition) is 3. The summed E-state index contributed by atoms with van der Waals surface area (Å²) in [5.41, 5.74) is 0. The molecular weight excluding hydrogens is 202 g/mol. The first kappa shape index (κ1) is 13.5. The number of piperazine rings is 1. The molecule has 1 rings (SSSR count). The van der Waals surface area contributed by atoms with Crippen LogP contribution in [0.4, 0.5) is 0 Å². The van der Waals surface area contributed by atoms with Crippen LogP contribution in [0.2, 0.25) is 0 Å². The topological polar surface area (TPSA) is 35.6 Å². The third-order valence-corrected chi connectivity index (χ3v) is 3.62. The monoisotopic (exact) mass is 227 g/mol. The highest BCUT2D eigenvalue weighted by molar-refractivity contribution is 5.78. The Morgan fingerprint density at radius 1 is 1.50 bits per heavy atom. The van der Waals surface area contributed by atoms with Crippen LogP contribution in [-0.2, 0) is 4.79 Å². The van der Waals surface area contributed by atoms with Crippen LogP contribution in [0, 0.1) is 0 Å². The van der Waals surface area contributed by atoms with Crippen LogP contribution in [-0.4, -0.2) is 60.5 Å². The second kappa shape index (κ2) is 5.64. The fraction of sp³-hybridized carbons (Fsp3) is 0.917. The molecule has 0 aromatic carbocycles. The summed E-state index contributed by atoms with van der Waals surface area (Å²) in [7, 11) is 2.00. The van der Waals surface area contributed by atoms with Crippen molar-refractivity contribution < 1.29 is 4.79 Å². The van der Waals surface area contributed by atoms with Gasteiger partial charge in [-0.3, -0.25) is 9.69 Å². The van der Waals surface area contributed by atoms with Gasteiger partial charge in [0.2, 0.25) is 5.91 Å². The van der Waals surface area contributed by atoms with E-state index in [1.807, 2.05) is 11.9 Å². The molecule has 1 saturated heterocycles. The second-order valence-corrected chi connectivity index (χ2v) is 5.08. The van der Waals surface area contributed by atoms with E-state index in [1.165, 1.54) is 0 Å². The zero-order chi connectivity index (χ0) is 12.3. The van der Waals surface area contributed by atoms with Crippen LogP contribution in [0.3, 0.4) is 0 Å². The second-order valence-electron chi connectivity index (χ2n) is 5.08. The molecule has 0 spiro atoms. The van der Waals surface area contributed by atoms with E-state index in [1.54, 1.807) is 0 Å². The van der Waals surface area contributed by atoms with Crippen LogP contribution in [0.5, 0.6) is 0 Å². The summed E-state index contributed by atoms with van der Waals surface area (Å²) in [5, 5.41) is 3.39. The lowest BCUT2D eigenvalue weighted by Crippen LogP contribution is -2.58. The molecule has 0 saturated carbocycles. The fourth-order valence-electron chi connectivity index (χ4n) is 1.90. The highest BCUT2D eigenvalue weighted by atomic mass is 16.2. The van der Waals surface area contributed by atoms with Gasteiger partial charge in [0.15, 0.2) is 0 Å². The summed E-state index contributed by atoms with van der Waals surface area (Å²) >= 11 is 0. The molecule has 1 aliphatic heterocycles. The quantitative estimate of drug-likeness (QED) is 0.764. The molecule has 0 radical (unpaired) electrons. The molecule has 1 N–H and O–H groups in total. The Labute approximate surface area is 99.0 Å². The van der Waals surface area contributed by atoms with E-state index in [0.29, 0.717) is 24.7 Å². The summed E-state index contributed by atoms with van der Waals surface area (Å²) in [4.78, 5) is 16.2. The summed E-state index contributed by atoms with van der Waals surface area (Å²) < 4.78 is 0. The first-order chi connectivity index (χ1) is 7.43. The Kier molecular flexibility index (Phi) is 4.74. The van der Waals surface area contributed by atoms with Gasteiger partial charge >= 0.3 is 0 Å². The molecule has 1 heterocycles. The third-order valence-electron chi connectivity index (χ3n) is 3.62. The van der Waals surface area contributed by atoms with Crippen molar-refractivity contribution in [1.82, 2.24) is 15.1 Å². The van der Waals surface area contributed by atoms with E-state index in [2.05, 4.69) is 37.9 Å². The van der Waals surface area contributed by atoms with Crippen LogP contribution < -0.4 is 5.32 Å². The molecule has 1 fully saturated rings. The maximum Gasteiger partial charge on any atom is 0.237 e. The average Bonchev–Trinajstić information content (AvgIpc) is 2.21. The Morgan fingerprint density at radius 3 is 2.69 bits per heavy atom. The molecular formula is C12H25N3O. The lowest BCUT2D eigenvalue weighted by molar-refractivity contribution is -0.136. The van der Waals surface area contributed by atoms with Gasteiger partial charge in [-0.2, -0.15) is 0 Å². The van der Waals surface area contributed by atoms with Gasteiger partial charge in [-0.05, 0) is 34.7 Å². The first-order valence-corrected chi connectivity index (χ1v) is 6.16. The van der Waals surface area contributed by atoms with Crippen LogP contribution in [0.25, 0.3) is 0 Å². The number of carbonyl (C=O) groups is 1. The molecule has 94 valence electrons. The Balaban J connectivity index is 2.52. The Bertz CT molecular complexity index is 242. The number of rotatable bonds is 3. The number of likely N-dealkylation sites (N-methyl/N-ethyl adjacent to an activating group) is 1. The van der Waals surface area contributed by atoms with E-state index < -0.39 is 0 Å². The standard InChI is InChI=1S/C12H25N3O/c1-9(2)14(5)8-12(16)15-7-6-13-10(3)11(15)4/h9-11,13H,6-8H2,1-5H3. The fourth-order valence-corrected chi connectivity index (χ4v) is 1.90. The van der Waals surface area contributed by atoms with Gasteiger partial charge < -0.3 is 10.2 Å². The summed E-state index contributed by atoms with van der Waals surface area (Å²) in [6.45, 7) is 10.7. The Morgan fingerprint density at radius 2 is 2.12 bits per heavy atom. The number of hydrogen-bond donors (Lipinski definition) is 1. The molecule has 0 aromatic heterocycles. The lowest BCUT2D eigenvalue weighted by Gasteiger charge is -2.39. The van der Waals surface area contributed by atoms with Crippen molar-refractivity contribution in [2.75, 3.05) is 26.7 Å². The van der Waals surface area contributed by atoms with Crippen molar-refractivity contribution >= 4 is 5.91 Å². The maximum atomic E-state index is 12.1. The molecule has 16 heavy (non-hydrogen) atoms. The van der Waals surface area contributed by atoms with Gasteiger partial charge in [0, 0.05) is 31.2 Å².